The molecule has 0 bridgehead atoms. The Kier molecular flexibility index (Phi) is 2.82. The first-order chi connectivity index (χ1) is 6.63. The van der Waals surface area contributed by atoms with Crippen molar-refractivity contribution in [2.24, 2.45) is 0 Å². The van der Waals surface area contributed by atoms with E-state index in [-0.39, 0.29) is 0 Å². The third-order valence-corrected chi connectivity index (χ3v) is 4.62. The van der Waals surface area contributed by atoms with Gasteiger partial charge in [-0.25, -0.2) is 13.4 Å². The van der Waals surface area contributed by atoms with Crippen LogP contribution < -0.4 is 5.73 Å². The smallest absolute Gasteiger partial charge is 0.200 e. The van der Waals surface area contributed by atoms with Gasteiger partial charge in [0.05, 0.1) is 10.4 Å². The van der Waals surface area contributed by atoms with Gasteiger partial charge in [0.2, 0.25) is 0 Å². The molecule has 15 heavy (non-hydrogen) atoms. The van der Waals surface area contributed by atoms with Gasteiger partial charge in [-0.3, -0.25) is 0 Å². The van der Waals surface area contributed by atoms with Gasteiger partial charge in [-0.1, -0.05) is 0 Å². The van der Waals surface area contributed by atoms with Crippen molar-refractivity contribution in [2.45, 2.75) is 32.1 Å². The molecule has 5 nitrogen and oxygen atoms in total. The Morgan fingerprint density at radius 3 is 2.40 bits per heavy atom. The van der Waals surface area contributed by atoms with E-state index in [9.17, 15) is 8.42 Å². The third kappa shape index (κ3) is 2.50. The number of hydrogen-bond donors (Lipinski definition) is 1. The molecule has 1 aromatic heterocycles. The summed E-state index contributed by atoms with van der Waals surface area (Å²) in [5.41, 5.74) is 6.44. The van der Waals surface area contributed by atoms with Crippen LogP contribution in [0.25, 0.3) is 0 Å². The molecule has 0 amide bonds. The standard InChI is InChI=1S/C9H17N3O2S/c1-7-5-12(8(10)11-7)6-9(2,3)15(4,13)14/h5H,6H2,1-4H3,(H2,10,11). The zero-order chi connectivity index (χ0) is 11.9. The Morgan fingerprint density at radius 2 is 2.07 bits per heavy atom. The van der Waals surface area contributed by atoms with Crippen LogP contribution in [-0.4, -0.2) is 29.0 Å². The molecule has 0 aliphatic heterocycles. The lowest BCUT2D eigenvalue weighted by molar-refractivity contribution is 0.505. The molecular formula is C9H17N3O2S. The SMILES string of the molecule is Cc1cn(CC(C)(C)S(C)(=O)=O)c(N)n1. The minimum atomic E-state index is -3.11. The summed E-state index contributed by atoms with van der Waals surface area (Å²) < 4.78 is 23.8. The molecule has 0 unspecified atom stereocenters. The molecule has 1 aromatic rings. The van der Waals surface area contributed by atoms with Crippen LogP contribution in [0.2, 0.25) is 0 Å². The van der Waals surface area contributed by atoms with E-state index >= 15 is 0 Å². The number of anilines is 1. The lowest BCUT2D eigenvalue weighted by atomic mass is 10.2. The number of nitrogens with zero attached hydrogens (tertiary/aromatic N) is 2. The number of nitrogen functional groups attached to an aromatic ring is 1. The highest BCUT2D eigenvalue weighted by Gasteiger charge is 2.31. The summed E-state index contributed by atoms with van der Waals surface area (Å²) in [5, 5.41) is 0. The van der Waals surface area contributed by atoms with Gasteiger partial charge in [0.1, 0.15) is 0 Å². The second kappa shape index (κ2) is 3.52. The van der Waals surface area contributed by atoms with Crippen LogP contribution in [0.5, 0.6) is 0 Å². The molecule has 0 aromatic carbocycles. The van der Waals surface area contributed by atoms with Crippen LogP contribution >= 0.6 is 0 Å². The maximum Gasteiger partial charge on any atom is 0.200 e. The van der Waals surface area contributed by atoms with Crippen molar-refractivity contribution in [2.75, 3.05) is 12.0 Å². The predicted octanol–water partition coefficient (Wildman–Crippen LogP) is 0.597. The maximum atomic E-state index is 11.5. The van der Waals surface area contributed by atoms with E-state index in [1.54, 1.807) is 24.6 Å². The largest absolute Gasteiger partial charge is 0.369 e. The highest BCUT2D eigenvalue weighted by atomic mass is 32.2. The maximum absolute atomic E-state index is 11.5. The summed E-state index contributed by atoms with van der Waals surface area (Å²) in [6, 6.07) is 0. The van der Waals surface area contributed by atoms with Crippen molar-refractivity contribution in [3.05, 3.63) is 11.9 Å². The van der Waals surface area contributed by atoms with Crippen molar-refractivity contribution >= 4 is 15.8 Å². The van der Waals surface area contributed by atoms with Gasteiger partial charge in [0.25, 0.3) is 0 Å². The van der Waals surface area contributed by atoms with E-state index in [2.05, 4.69) is 4.98 Å². The molecule has 0 aliphatic rings. The number of rotatable bonds is 3. The quantitative estimate of drug-likeness (QED) is 0.826. The van der Waals surface area contributed by atoms with Crippen LogP contribution in [0.3, 0.4) is 0 Å². The van der Waals surface area contributed by atoms with Gasteiger partial charge in [0, 0.05) is 19.0 Å². The van der Waals surface area contributed by atoms with Crippen LogP contribution in [0.1, 0.15) is 19.5 Å². The molecule has 0 spiro atoms. The number of sulfone groups is 1. The van der Waals surface area contributed by atoms with E-state index < -0.39 is 14.6 Å². The van der Waals surface area contributed by atoms with Gasteiger partial charge in [0.15, 0.2) is 15.8 Å². The van der Waals surface area contributed by atoms with Crippen molar-refractivity contribution in [1.82, 2.24) is 9.55 Å². The topological polar surface area (TPSA) is 78.0 Å². The Labute approximate surface area is 90.2 Å². The zero-order valence-electron chi connectivity index (χ0n) is 9.48. The number of nitrogens with two attached hydrogens (primary N) is 1. The molecule has 1 heterocycles. The van der Waals surface area contributed by atoms with Gasteiger partial charge in [-0.05, 0) is 20.8 Å². The fraction of sp³-hybridized carbons (Fsp3) is 0.667. The number of aromatic nitrogens is 2. The first-order valence-electron chi connectivity index (χ1n) is 4.62. The zero-order valence-corrected chi connectivity index (χ0v) is 10.3. The summed E-state index contributed by atoms with van der Waals surface area (Å²) >= 11 is 0. The molecule has 6 heteroatoms. The lowest BCUT2D eigenvalue weighted by Crippen LogP contribution is -2.35. The second-order valence-corrected chi connectivity index (χ2v) is 7.05. The molecule has 86 valence electrons. The van der Waals surface area contributed by atoms with E-state index in [1.807, 2.05) is 6.92 Å². The molecule has 2 N–H and O–H groups in total. The minimum Gasteiger partial charge on any atom is -0.369 e. The van der Waals surface area contributed by atoms with Gasteiger partial charge in [-0.15, -0.1) is 0 Å². The van der Waals surface area contributed by atoms with Gasteiger partial charge >= 0.3 is 0 Å². The first-order valence-corrected chi connectivity index (χ1v) is 6.51. The summed E-state index contributed by atoms with van der Waals surface area (Å²) in [6.45, 7) is 5.49. The second-order valence-electron chi connectivity index (χ2n) is 4.40. The Balaban J connectivity index is 3.01. The highest BCUT2D eigenvalue weighted by molar-refractivity contribution is 7.92. The Bertz CT molecular complexity index is 460. The van der Waals surface area contributed by atoms with Crippen molar-refractivity contribution in [1.29, 1.82) is 0 Å². The van der Waals surface area contributed by atoms with Crippen molar-refractivity contribution in [3.8, 4) is 0 Å². The van der Waals surface area contributed by atoms with E-state index in [1.165, 1.54) is 6.26 Å². The van der Waals surface area contributed by atoms with Gasteiger partial charge in [-0.2, -0.15) is 0 Å². The minimum absolute atomic E-state index is 0.318. The molecule has 1 rings (SSSR count). The average molecular weight is 231 g/mol. The molecule has 0 aliphatic carbocycles. The summed E-state index contributed by atoms with van der Waals surface area (Å²) in [7, 11) is -3.11. The molecule has 0 saturated heterocycles. The Morgan fingerprint density at radius 1 is 1.53 bits per heavy atom. The summed E-state index contributed by atoms with van der Waals surface area (Å²) in [6.07, 6.45) is 2.98. The van der Waals surface area contributed by atoms with Crippen molar-refractivity contribution < 1.29 is 8.42 Å². The third-order valence-electron chi connectivity index (χ3n) is 2.48. The summed E-state index contributed by atoms with van der Waals surface area (Å²) in [4.78, 5) is 4.02. The lowest BCUT2D eigenvalue weighted by Gasteiger charge is -2.23. The average Bonchev–Trinajstić information content (AvgIpc) is 2.26. The molecular weight excluding hydrogens is 214 g/mol. The fourth-order valence-corrected chi connectivity index (χ4v) is 1.59. The van der Waals surface area contributed by atoms with Crippen LogP contribution in [-0.2, 0) is 16.4 Å². The number of hydrogen-bond acceptors (Lipinski definition) is 4. The number of imidazole rings is 1. The fourth-order valence-electron chi connectivity index (χ4n) is 1.22. The van der Waals surface area contributed by atoms with Crippen LogP contribution in [0.15, 0.2) is 6.20 Å². The van der Waals surface area contributed by atoms with Crippen LogP contribution in [0.4, 0.5) is 5.95 Å². The predicted molar refractivity (Wildman–Crippen MR) is 60.3 cm³/mol. The van der Waals surface area contributed by atoms with E-state index in [4.69, 9.17) is 5.73 Å². The Hall–Kier alpha value is -1.04. The van der Waals surface area contributed by atoms with E-state index in [0.717, 1.165) is 5.69 Å². The first kappa shape index (κ1) is 12.0. The van der Waals surface area contributed by atoms with Gasteiger partial charge < -0.3 is 10.3 Å². The molecule has 0 atom stereocenters. The van der Waals surface area contributed by atoms with Crippen LogP contribution in [0, 0.1) is 6.92 Å². The monoisotopic (exact) mass is 231 g/mol. The molecule has 0 radical (unpaired) electrons. The highest BCUT2D eigenvalue weighted by Crippen LogP contribution is 2.19. The number of aryl methyl sites for hydroxylation is 1. The molecule has 0 saturated carbocycles. The van der Waals surface area contributed by atoms with E-state index in [0.29, 0.717) is 12.5 Å². The summed E-state index contributed by atoms with van der Waals surface area (Å²) in [5.74, 6) is 0.351. The van der Waals surface area contributed by atoms with Crippen molar-refractivity contribution in [3.63, 3.8) is 0 Å². The molecule has 0 fully saturated rings. The normalized spacial score (nSPS) is 13.1.